The van der Waals surface area contributed by atoms with E-state index >= 15 is 0 Å². The van der Waals surface area contributed by atoms with Gasteiger partial charge in [0.2, 0.25) is 0 Å². The second-order valence-corrected chi connectivity index (χ2v) is 5.11. The molecule has 0 atom stereocenters. The maximum Gasteiger partial charge on any atom is 0.165 e. The average Bonchev–Trinajstić information content (AvgIpc) is 2.37. The third kappa shape index (κ3) is 3.69. The molecule has 0 spiro atoms. The minimum absolute atomic E-state index is 0.836. The second-order valence-electron chi connectivity index (χ2n) is 5.11. The Balaban J connectivity index is 2.29. The lowest BCUT2D eigenvalue weighted by Crippen LogP contribution is -2.06. The largest absolute Gasteiger partial charge is 0.230 e. The Bertz CT molecular complexity index is 619. The molecule has 1 heteroatoms. The van der Waals surface area contributed by atoms with Gasteiger partial charge in [0.1, 0.15) is 0 Å². The first-order valence-electron chi connectivity index (χ1n) is 6.34. The van der Waals surface area contributed by atoms with Gasteiger partial charge in [0.05, 0.1) is 0 Å². The van der Waals surface area contributed by atoms with Gasteiger partial charge in [-0.2, -0.15) is 0 Å². The molecule has 96 valence electrons. The van der Waals surface area contributed by atoms with E-state index in [0.29, 0.717) is 0 Å². The fourth-order valence-electron chi connectivity index (χ4n) is 1.85. The van der Waals surface area contributed by atoms with Gasteiger partial charge < -0.3 is 0 Å². The van der Waals surface area contributed by atoms with Crippen molar-refractivity contribution in [3.63, 3.8) is 0 Å². The van der Waals surface area contributed by atoms with Crippen molar-refractivity contribution in [3.8, 4) is 23.0 Å². The van der Waals surface area contributed by atoms with E-state index in [1.54, 1.807) is 0 Å². The predicted octanol–water partition coefficient (Wildman–Crippen LogP) is 4.76. The molecule has 2 aromatic rings. The van der Waals surface area contributed by atoms with Crippen molar-refractivity contribution in [2.45, 2.75) is 26.4 Å². The van der Waals surface area contributed by atoms with Crippen LogP contribution in [0.5, 0.6) is 0 Å². The van der Waals surface area contributed by atoms with E-state index in [0.717, 1.165) is 11.1 Å². The molecular weight excluding hydrogens is 235 g/mol. The van der Waals surface area contributed by atoms with Crippen LogP contribution in [0.3, 0.4) is 0 Å². The Morgan fingerprint density at radius 2 is 1.58 bits per heavy atom. The van der Waals surface area contributed by atoms with E-state index in [-0.39, 0.29) is 0 Å². The predicted molar refractivity (Wildman–Crippen MR) is 78.7 cm³/mol. The van der Waals surface area contributed by atoms with Crippen molar-refractivity contribution in [3.05, 3.63) is 59.7 Å². The summed E-state index contributed by atoms with van der Waals surface area (Å²) in [5.41, 5.74) is 3.00. The summed E-state index contributed by atoms with van der Waals surface area (Å²) in [5, 5.41) is 0. The highest BCUT2D eigenvalue weighted by molar-refractivity contribution is 5.67. The zero-order chi connectivity index (χ0) is 13.9. The highest BCUT2D eigenvalue weighted by atomic mass is 19.1. The number of halogens is 1. The number of alkyl halides is 1. The first-order valence-corrected chi connectivity index (χ1v) is 6.34. The molecule has 0 aromatic heterocycles. The first kappa shape index (κ1) is 13.4. The Morgan fingerprint density at radius 1 is 0.947 bits per heavy atom. The lowest BCUT2D eigenvalue weighted by atomic mass is 9.99. The van der Waals surface area contributed by atoms with Crippen LogP contribution >= 0.6 is 0 Å². The highest BCUT2D eigenvalue weighted by Crippen LogP contribution is 2.23. The normalized spacial score (nSPS) is 10.7. The Morgan fingerprint density at radius 3 is 2.16 bits per heavy atom. The fraction of sp³-hybridized carbons (Fsp3) is 0.222. The van der Waals surface area contributed by atoms with Gasteiger partial charge in [0.25, 0.3) is 0 Å². The summed E-state index contributed by atoms with van der Waals surface area (Å²) in [6.45, 7) is 5.01. The maximum absolute atomic E-state index is 13.3. The standard InChI is InChI=1S/C18H17F/c1-14-6-4-5-7-17(14)16-10-8-15(9-11-16)12-13-18(2,3)19/h4-11H,1-3H3. The van der Waals surface area contributed by atoms with Gasteiger partial charge in [-0.15, -0.1) is 0 Å². The van der Waals surface area contributed by atoms with Gasteiger partial charge in [-0.3, -0.25) is 0 Å². The molecule has 0 nitrogen and oxygen atoms in total. The molecule has 0 saturated carbocycles. The topological polar surface area (TPSA) is 0 Å². The third-order valence-corrected chi connectivity index (χ3v) is 2.85. The lowest BCUT2D eigenvalue weighted by Gasteiger charge is -2.06. The van der Waals surface area contributed by atoms with Crippen LogP contribution in [0.1, 0.15) is 25.0 Å². The zero-order valence-electron chi connectivity index (χ0n) is 11.5. The fourth-order valence-corrected chi connectivity index (χ4v) is 1.85. The summed E-state index contributed by atoms with van der Waals surface area (Å²) in [6.07, 6.45) is 0. The van der Waals surface area contributed by atoms with E-state index in [1.165, 1.54) is 25.0 Å². The number of rotatable bonds is 1. The molecule has 0 N–H and O–H groups in total. The SMILES string of the molecule is Cc1ccccc1-c1ccc(C#CC(C)(C)F)cc1. The summed E-state index contributed by atoms with van der Waals surface area (Å²) in [6, 6.07) is 16.2. The van der Waals surface area contributed by atoms with Crippen molar-refractivity contribution in [1.29, 1.82) is 0 Å². The van der Waals surface area contributed by atoms with Crippen LogP contribution < -0.4 is 0 Å². The lowest BCUT2D eigenvalue weighted by molar-refractivity contribution is 0.301. The van der Waals surface area contributed by atoms with E-state index in [4.69, 9.17) is 0 Å². The molecule has 0 fully saturated rings. The van der Waals surface area contributed by atoms with Crippen LogP contribution in [0, 0.1) is 18.8 Å². The number of hydrogen-bond acceptors (Lipinski definition) is 0. The minimum atomic E-state index is -1.45. The molecule has 0 radical (unpaired) electrons. The Kier molecular flexibility index (Phi) is 3.71. The Labute approximate surface area is 114 Å². The van der Waals surface area contributed by atoms with Crippen molar-refractivity contribution in [1.82, 2.24) is 0 Å². The van der Waals surface area contributed by atoms with Crippen LogP contribution in [0.25, 0.3) is 11.1 Å². The number of aryl methyl sites for hydroxylation is 1. The molecule has 0 unspecified atom stereocenters. The van der Waals surface area contributed by atoms with Crippen LogP contribution in [-0.4, -0.2) is 5.67 Å². The van der Waals surface area contributed by atoms with Crippen LogP contribution in [0.2, 0.25) is 0 Å². The molecule has 19 heavy (non-hydrogen) atoms. The molecule has 0 saturated heterocycles. The molecule has 0 bridgehead atoms. The molecular formula is C18H17F. The van der Waals surface area contributed by atoms with Gasteiger partial charge in [0, 0.05) is 5.56 Å². The summed E-state index contributed by atoms with van der Waals surface area (Å²) < 4.78 is 13.3. The van der Waals surface area contributed by atoms with Gasteiger partial charge in [-0.1, -0.05) is 48.2 Å². The summed E-state index contributed by atoms with van der Waals surface area (Å²) >= 11 is 0. The zero-order valence-corrected chi connectivity index (χ0v) is 11.5. The summed E-state index contributed by atoms with van der Waals surface area (Å²) in [7, 11) is 0. The smallest absolute Gasteiger partial charge is 0.165 e. The van der Waals surface area contributed by atoms with Crippen molar-refractivity contribution in [2.24, 2.45) is 0 Å². The van der Waals surface area contributed by atoms with Crippen LogP contribution in [0.15, 0.2) is 48.5 Å². The molecule has 2 rings (SSSR count). The molecule has 0 amide bonds. The van der Waals surface area contributed by atoms with E-state index in [9.17, 15) is 4.39 Å². The van der Waals surface area contributed by atoms with E-state index < -0.39 is 5.67 Å². The van der Waals surface area contributed by atoms with Gasteiger partial charge in [0.15, 0.2) is 5.67 Å². The highest BCUT2D eigenvalue weighted by Gasteiger charge is 2.09. The Hall–Kier alpha value is -2.07. The number of benzene rings is 2. The van der Waals surface area contributed by atoms with Gasteiger partial charge >= 0.3 is 0 Å². The third-order valence-electron chi connectivity index (χ3n) is 2.85. The van der Waals surface area contributed by atoms with Crippen molar-refractivity contribution < 1.29 is 4.39 Å². The number of hydrogen-bond donors (Lipinski definition) is 0. The molecule has 0 aliphatic rings. The first-order chi connectivity index (χ1) is 8.96. The quantitative estimate of drug-likeness (QED) is 0.642. The molecule has 2 aromatic carbocycles. The van der Waals surface area contributed by atoms with E-state index in [1.807, 2.05) is 36.4 Å². The summed E-state index contributed by atoms with van der Waals surface area (Å²) in [5.74, 6) is 5.44. The summed E-state index contributed by atoms with van der Waals surface area (Å²) in [4.78, 5) is 0. The average molecular weight is 252 g/mol. The second kappa shape index (κ2) is 5.28. The van der Waals surface area contributed by atoms with Gasteiger partial charge in [-0.25, -0.2) is 4.39 Å². The minimum Gasteiger partial charge on any atom is -0.230 e. The molecule has 0 heterocycles. The monoisotopic (exact) mass is 252 g/mol. The molecule has 0 aliphatic carbocycles. The van der Waals surface area contributed by atoms with Crippen LogP contribution in [-0.2, 0) is 0 Å². The van der Waals surface area contributed by atoms with E-state index in [2.05, 4.69) is 30.9 Å². The van der Waals surface area contributed by atoms with Gasteiger partial charge in [-0.05, 0) is 49.6 Å². The van der Waals surface area contributed by atoms with Crippen molar-refractivity contribution in [2.75, 3.05) is 0 Å². The van der Waals surface area contributed by atoms with Crippen molar-refractivity contribution >= 4 is 0 Å². The maximum atomic E-state index is 13.3. The molecule has 0 aliphatic heterocycles. The van der Waals surface area contributed by atoms with Crippen LogP contribution in [0.4, 0.5) is 4.39 Å².